The molecule has 0 spiro atoms. The van der Waals surface area contributed by atoms with Gasteiger partial charge in [0.05, 0.1) is 23.8 Å². The molecule has 25 heavy (non-hydrogen) atoms. The first-order valence-corrected chi connectivity index (χ1v) is 8.31. The van der Waals surface area contributed by atoms with Crippen LogP contribution in [0, 0.1) is 6.92 Å². The monoisotopic (exact) mass is 340 g/mol. The van der Waals surface area contributed by atoms with Gasteiger partial charge in [0, 0.05) is 5.56 Å². The number of hydrogen-bond donors (Lipinski definition) is 1. The third-order valence-corrected chi connectivity index (χ3v) is 4.00. The molecule has 2 aromatic carbocycles. The van der Waals surface area contributed by atoms with Crippen LogP contribution in [-0.2, 0) is 4.74 Å². The molecule has 1 saturated carbocycles. The molecule has 1 fully saturated rings. The lowest BCUT2D eigenvalue weighted by atomic mass is 9.96. The number of carbonyl (C=O) groups is 2. The molecule has 130 valence electrons. The van der Waals surface area contributed by atoms with Crippen LogP contribution in [-0.4, -0.2) is 29.6 Å². The number of rotatable bonds is 6. The van der Waals surface area contributed by atoms with Gasteiger partial charge >= 0.3 is 5.97 Å². The van der Waals surface area contributed by atoms with Gasteiger partial charge in [-0.05, 0) is 68.7 Å². The van der Waals surface area contributed by atoms with Crippen LogP contribution in [0.25, 0.3) is 0 Å². The molecule has 5 heteroatoms. The second-order valence-corrected chi connectivity index (χ2v) is 6.08. The molecule has 0 amide bonds. The minimum absolute atomic E-state index is 0.184. The number of aromatic hydroxyl groups is 1. The summed E-state index contributed by atoms with van der Waals surface area (Å²) < 4.78 is 10.6. The second-order valence-electron chi connectivity index (χ2n) is 6.08. The summed E-state index contributed by atoms with van der Waals surface area (Å²) in [4.78, 5) is 24.5. The van der Waals surface area contributed by atoms with Gasteiger partial charge in [0.1, 0.15) is 11.5 Å². The van der Waals surface area contributed by atoms with E-state index in [9.17, 15) is 14.7 Å². The zero-order valence-corrected chi connectivity index (χ0v) is 14.2. The average Bonchev–Trinajstić information content (AvgIpc) is 3.39. The third-order valence-electron chi connectivity index (χ3n) is 4.00. The highest BCUT2D eigenvalue weighted by atomic mass is 16.5. The van der Waals surface area contributed by atoms with E-state index >= 15 is 0 Å². The topological polar surface area (TPSA) is 72.8 Å². The zero-order valence-electron chi connectivity index (χ0n) is 14.2. The molecule has 0 bridgehead atoms. The highest BCUT2D eigenvalue weighted by Crippen LogP contribution is 2.29. The zero-order chi connectivity index (χ0) is 18.0. The van der Waals surface area contributed by atoms with Crippen molar-refractivity contribution in [2.24, 2.45) is 0 Å². The summed E-state index contributed by atoms with van der Waals surface area (Å²) in [5.41, 5.74) is 1.38. The van der Waals surface area contributed by atoms with Crippen LogP contribution in [0.1, 0.15) is 51.6 Å². The number of phenols is 1. The molecule has 0 radical (unpaired) electrons. The molecule has 0 atom stereocenters. The van der Waals surface area contributed by atoms with Crippen molar-refractivity contribution in [1.29, 1.82) is 0 Å². The van der Waals surface area contributed by atoms with Gasteiger partial charge in [-0.1, -0.05) is 0 Å². The van der Waals surface area contributed by atoms with Crippen molar-refractivity contribution in [3.8, 4) is 11.5 Å². The molecular weight excluding hydrogens is 320 g/mol. The van der Waals surface area contributed by atoms with Crippen LogP contribution in [0.4, 0.5) is 0 Å². The Morgan fingerprint density at radius 3 is 2.36 bits per heavy atom. The molecule has 1 aliphatic carbocycles. The minimum atomic E-state index is -0.526. The van der Waals surface area contributed by atoms with Crippen molar-refractivity contribution in [2.45, 2.75) is 32.8 Å². The van der Waals surface area contributed by atoms with Gasteiger partial charge < -0.3 is 14.6 Å². The Bertz CT molecular complexity index is 780. The lowest BCUT2D eigenvalue weighted by Crippen LogP contribution is -2.09. The van der Waals surface area contributed by atoms with Crippen LogP contribution < -0.4 is 4.74 Å². The van der Waals surface area contributed by atoms with Gasteiger partial charge in [0.25, 0.3) is 0 Å². The number of aryl methyl sites for hydroxylation is 1. The first-order chi connectivity index (χ1) is 12.0. The summed E-state index contributed by atoms with van der Waals surface area (Å²) in [5, 5.41) is 10.2. The largest absolute Gasteiger partial charge is 0.507 e. The van der Waals surface area contributed by atoms with Gasteiger partial charge in [-0.15, -0.1) is 0 Å². The summed E-state index contributed by atoms with van der Waals surface area (Å²) >= 11 is 0. The molecule has 3 rings (SSSR count). The van der Waals surface area contributed by atoms with E-state index in [4.69, 9.17) is 9.47 Å². The summed E-state index contributed by atoms with van der Waals surface area (Å²) in [6.07, 6.45) is 2.43. The number of ether oxygens (including phenoxy) is 2. The normalized spacial score (nSPS) is 13.4. The van der Waals surface area contributed by atoms with Crippen LogP contribution in [0.15, 0.2) is 36.4 Å². The maximum absolute atomic E-state index is 12.7. The predicted octanol–water partition coefficient (Wildman–Crippen LogP) is 3.65. The lowest BCUT2D eigenvalue weighted by molar-refractivity contribution is 0.0525. The maximum Gasteiger partial charge on any atom is 0.338 e. The Kier molecular flexibility index (Phi) is 4.74. The van der Waals surface area contributed by atoms with Gasteiger partial charge in [-0.2, -0.15) is 0 Å². The smallest absolute Gasteiger partial charge is 0.338 e. The van der Waals surface area contributed by atoms with Crippen molar-refractivity contribution < 1.29 is 24.2 Å². The Labute approximate surface area is 146 Å². The van der Waals surface area contributed by atoms with Crippen molar-refractivity contribution >= 4 is 11.8 Å². The first-order valence-electron chi connectivity index (χ1n) is 8.31. The average molecular weight is 340 g/mol. The molecule has 0 aliphatic heterocycles. The summed E-state index contributed by atoms with van der Waals surface area (Å²) in [6.45, 7) is 3.63. The molecule has 0 unspecified atom stereocenters. The number of esters is 1. The minimum Gasteiger partial charge on any atom is -0.507 e. The van der Waals surface area contributed by atoms with E-state index in [2.05, 4.69) is 0 Å². The molecular formula is C20H20O5. The van der Waals surface area contributed by atoms with E-state index in [0.717, 1.165) is 18.6 Å². The number of ketones is 1. The van der Waals surface area contributed by atoms with E-state index in [-0.39, 0.29) is 29.3 Å². The van der Waals surface area contributed by atoms with Crippen LogP contribution >= 0.6 is 0 Å². The van der Waals surface area contributed by atoms with E-state index < -0.39 is 5.97 Å². The Hall–Kier alpha value is -2.82. The van der Waals surface area contributed by atoms with Crippen LogP contribution in [0.3, 0.4) is 0 Å². The molecule has 0 saturated heterocycles. The summed E-state index contributed by atoms with van der Waals surface area (Å²) in [5.74, 6) is -0.325. The summed E-state index contributed by atoms with van der Waals surface area (Å²) in [6, 6.07) is 9.69. The van der Waals surface area contributed by atoms with E-state index in [1.54, 1.807) is 44.2 Å². The summed E-state index contributed by atoms with van der Waals surface area (Å²) in [7, 11) is 0. The van der Waals surface area contributed by atoms with E-state index in [1.165, 1.54) is 6.07 Å². The molecule has 5 nitrogen and oxygen atoms in total. The highest BCUT2D eigenvalue weighted by molar-refractivity contribution is 6.12. The lowest BCUT2D eigenvalue weighted by Gasteiger charge is -2.11. The second kappa shape index (κ2) is 6.97. The number of carbonyl (C=O) groups excluding carboxylic acids is 2. The molecule has 1 N–H and O–H groups in total. The Morgan fingerprint density at radius 2 is 1.80 bits per heavy atom. The number of hydrogen-bond acceptors (Lipinski definition) is 5. The van der Waals surface area contributed by atoms with Crippen molar-refractivity contribution in [2.75, 3.05) is 6.61 Å². The maximum atomic E-state index is 12.7. The highest BCUT2D eigenvalue weighted by Gasteiger charge is 2.24. The fraction of sp³-hybridized carbons (Fsp3) is 0.300. The van der Waals surface area contributed by atoms with E-state index in [1.807, 2.05) is 0 Å². The molecule has 0 heterocycles. The van der Waals surface area contributed by atoms with Crippen molar-refractivity contribution in [1.82, 2.24) is 0 Å². The van der Waals surface area contributed by atoms with Gasteiger partial charge in [0.15, 0.2) is 5.78 Å². The molecule has 1 aliphatic rings. The Balaban J connectivity index is 1.84. The van der Waals surface area contributed by atoms with Crippen molar-refractivity contribution in [3.05, 3.63) is 58.7 Å². The quantitative estimate of drug-likeness (QED) is 0.642. The van der Waals surface area contributed by atoms with E-state index in [0.29, 0.717) is 17.2 Å². The van der Waals surface area contributed by atoms with Crippen LogP contribution in [0.2, 0.25) is 0 Å². The molecule has 0 aromatic heterocycles. The Morgan fingerprint density at radius 1 is 1.12 bits per heavy atom. The fourth-order valence-electron chi connectivity index (χ4n) is 2.60. The number of phenolic OH excluding ortho intramolecular Hbond substituents is 1. The standard InChI is InChI=1S/C20H20O5/c1-3-24-20(23)14-10-12(2)18(17(21)11-14)19(22)13-4-6-15(7-5-13)25-16-8-9-16/h4-7,10-11,16,21H,3,8-9H2,1-2H3. The first kappa shape index (κ1) is 17.0. The fourth-order valence-corrected chi connectivity index (χ4v) is 2.60. The predicted molar refractivity (Wildman–Crippen MR) is 92.3 cm³/mol. The SMILES string of the molecule is CCOC(=O)c1cc(C)c(C(=O)c2ccc(OC3CC3)cc2)c(O)c1. The molecule has 2 aromatic rings. The van der Waals surface area contributed by atoms with Gasteiger partial charge in [-0.3, -0.25) is 4.79 Å². The number of benzene rings is 2. The third kappa shape index (κ3) is 3.82. The van der Waals surface area contributed by atoms with Gasteiger partial charge in [-0.25, -0.2) is 4.79 Å². The van der Waals surface area contributed by atoms with Gasteiger partial charge in [0.2, 0.25) is 0 Å². The van der Waals surface area contributed by atoms with Crippen LogP contribution in [0.5, 0.6) is 11.5 Å². The van der Waals surface area contributed by atoms with Crippen molar-refractivity contribution in [3.63, 3.8) is 0 Å².